The fourth-order valence-corrected chi connectivity index (χ4v) is 3.93. The van der Waals surface area contributed by atoms with Crippen molar-refractivity contribution >= 4 is 75.4 Å². The van der Waals surface area contributed by atoms with Crippen LogP contribution in [0.2, 0.25) is 10.0 Å². The summed E-state index contributed by atoms with van der Waals surface area (Å²) in [4.78, 5) is 36.6. The Morgan fingerprint density at radius 2 is 1.57 bits per heavy atom. The first-order valence-electron chi connectivity index (χ1n) is 10.6. The number of carbonyl (C=O) groups is 2. The Bertz CT molecular complexity index is 1310. The molecule has 0 bridgehead atoms. The largest absolute Gasteiger partial charge is 0.495 e. The number of urea groups is 1. The Hall–Kier alpha value is -3.73. The lowest BCUT2D eigenvalue weighted by atomic mass is 10.2. The first kappa shape index (κ1) is 27.9. The number of anilines is 5. The van der Waals surface area contributed by atoms with Gasteiger partial charge >= 0.3 is 6.03 Å². The molecular weight excluding hydrogens is 543 g/mol. The van der Waals surface area contributed by atoms with Gasteiger partial charge in [-0.1, -0.05) is 46.9 Å². The molecule has 1 heterocycles. The monoisotopic (exact) mass is 564 g/mol. The van der Waals surface area contributed by atoms with Gasteiger partial charge in [0.15, 0.2) is 0 Å². The van der Waals surface area contributed by atoms with Crippen molar-refractivity contribution in [3.63, 3.8) is 0 Å². The Kier molecular flexibility index (Phi) is 9.40. The zero-order valence-electron chi connectivity index (χ0n) is 20.3. The third kappa shape index (κ3) is 6.34. The molecule has 0 aliphatic rings. The Balaban J connectivity index is 1.87. The molecule has 0 fully saturated rings. The molecular formula is C24H23Cl3N6O4. The average Bonchev–Trinajstić information content (AvgIpc) is 2.90. The molecule has 37 heavy (non-hydrogen) atoms. The lowest BCUT2D eigenvalue weighted by molar-refractivity contribution is -0.111. The number of hydrogen-bond donors (Lipinski definition) is 2. The van der Waals surface area contributed by atoms with Crippen molar-refractivity contribution < 1.29 is 19.1 Å². The third-order valence-electron chi connectivity index (χ3n) is 5.17. The van der Waals surface area contributed by atoms with Gasteiger partial charge < -0.3 is 25.0 Å². The molecule has 0 saturated carbocycles. The molecule has 13 heteroatoms. The number of aromatic nitrogens is 2. The van der Waals surface area contributed by atoms with Gasteiger partial charge in [0, 0.05) is 37.8 Å². The molecule has 0 aliphatic heterocycles. The number of ether oxygens (including phenoxy) is 2. The molecule has 10 nitrogen and oxygen atoms in total. The van der Waals surface area contributed by atoms with Crippen molar-refractivity contribution in [2.24, 2.45) is 0 Å². The van der Waals surface area contributed by atoms with Crippen molar-refractivity contribution in [1.82, 2.24) is 9.97 Å². The van der Waals surface area contributed by atoms with Crippen molar-refractivity contribution in [3.05, 3.63) is 64.4 Å². The normalized spacial score (nSPS) is 10.7. The number of methoxy groups -OCH3 is 2. The van der Waals surface area contributed by atoms with E-state index in [9.17, 15) is 9.59 Å². The van der Waals surface area contributed by atoms with Gasteiger partial charge in [-0.15, -0.1) is 0 Å². The highest BCUT2D eigenvalue weighted by molar-refractivity contribution is 6.41. The van der Waals surface area contributed by atoms with Gasteiger partial charge in [-0.05, 0) is 12.1 Å². The maximum absolute atomic E-state index is 13.1. The molecule has 2 aromatic carbocycles. The van der Waals surface area contributed by atoms with E-state index in [4.69, 9.17) is 44.3 Å². The molecule has 3 aromatic rings. The highest BCUT2D eigenvalue weighted by atomic mass is 35.5. The number of rotatable bonds is 8. The number of amides is 3. The van der Waals surface area contributed by atoms with Crippen LogP contribution in [0, 0.1) is 0 Å². The maximum Gasteiger partial charge on any atom is 0.327 e. The topological polar surface area (TPSA) is 109 Å². The van der Waals surface area contributed by atoms with Crippen LogP contribution in [-0.2, 0) is 4.79 Å². The number of carbonyl (C=O) groups excluding carboxylic acids is 2. The van der Waals surface area contributed by atoms with E-state index >= 15 is 0 Å². The number of halogens is 3. The molecule has 0 aliphatic carbocycles. The zero-order chi connectivity index (χ0) is 27.1. The standard InChI is InChI=1S/C24H23Cl3N6O4/c1-32(15-8-6-5-7-14(15)30-20(34)9-10-25)18-12-19(29-13-28-18)33(2)24(35)31-23-21(26)16(36-3)11-17(37-4)22(23)27/h5-13H,1-4H3,(H,30,34)(H,31,35)/b10-9-. The van der Waals surface area contributed by atoms with Crippen LogP contribution in [0.15, 0.2) is 54.3 Å². The van der Waals surface area contributed by atoms with Crippen LogP contribution in [0.5, 0.6) is 11.5 Å². The van der Waals surface area contributed by atoms with E-state index in [2.05, 4.69) is 20.6 Å². The molecule has 3 rings (SSSR count). The van der Waals surface area contributed by atoms with Gasteiger partial charge in [-0.2, -0.15) is 0 Å². The highest BCUT2D eigenvalue weighted by Crippen LogP contribution is 2.44. The number of nitrogens with zero attached hydrogens (tertiary/aromatic N) is 4. The van der Waals surface area contributed by atoms with Gasteiger partial charge in [0.2, 0.25) is 5.91 Å². The predicted molar refractivity (Wildman–Crippen MR) is 147 cm³/mol. The third-order valence-corrected chi connectivity index (χ3v) is 6.05. The van der Waals surface area contributed by atoms with Crippen molar-refractivity contribution in [1.29, 1.82) is 0 Å². The second-order valence-electron chi connectivity index (χ2n) is 7.37. The van der Waals surface area contributed by atoms with E-state index in [0.29, 0.717) is 17.2 Å². The average molecular weight is 566 g/mol. The van der Waals surface area contributed by atoms with Crippen LogP contribution in [0.1, 0.15) is 0 Å². The molecule has 194 valence electrons. The molecule has 0 atom stereocenters. The van der Waals surface area contributed by atoms with Gasteiger partial charge in [-0.3, -0.25) is 9.69 Å². The summed E-state index contributed by atoms with van der Waals surface area (Å²) in [6, 6.07) is 9.68. The van der Waals surface area contributed by atoms with Crippen LogP contribution >= 0.6 is 34.8 Å². The van der Waals surface area contributed by atoms with E-state index in [1.54, 1.807) is 36.2 Å². The maximum atomic E-state index is 13.1. The summed E-state index contributed by atoms with van der Waals surface area (Å²) >= 11 is 18.2. The fourth-order valence-electron chi connectivity index (χ4n) is 3.22. The molecule has 2 N–H and O–H groups in total. The SMILES string of the molecule is COc1cc(OC)c(Cl)c(NC(=O)N(C)c2cc(N(C)c3ccccc3NC(=O)/C=C\Cl)ncn2)c1Cl. The Morgan fingerprint density at radius 3 is 2.19 bits per heavy atom. The molecule has 3 amide bonds. The van der Waals surface area contributed by atoms with Crippen molar-refractivity contribution in [2.75, 3.05) is 48.7 Å². The van der Waals surface area contributed by atoms with Gasteiger partial charge in [0.25, 0.3) is 0 Å². The Labute approximate surface area is 228 Å². The van der Waals surface area contributed by atoms with E-state index in [1.807, 2.05) is 6.07 Å². The highest BCUT2D eigenvalue weighted by Gasteiger charge is 2.22. The summed E-state index contributed by atoms with van der Waals surface area (Å²) in [5.74, 6) is 0.904. The predicted octanol–water partition coefficient (Wildman–Crippen LogP) is 5.93. The van der Waals surface area contributed by atoms with E-state index < -0.39 is 6.03 Å². The lowest BCUT2D eigenvalue weighted by Crippen LogP contribution is -2.32. The van der Waals surface area contributed by atoms with Crippen LogP contribution in [-0.4, -0.2) is 50.2 Å². The molecule has 1 aromatic heterocycles. The molecule has 0 spiro atoms. The van der Waals surface area contributed by atoms with Gasteiger partial charge in [-0.25, -0.2) is 14.8 Å². The lowest BCUT2D eigenvalue weighted by Gasteiger charge is -2.23. The summed E-state index contributed by atoms with van der Waals surface area (Å²) in [6.45, 7) is 0. The summed E-state index contributed by atoms with van der Waals surface area (Å²) in [5, 5.41) is 5.66. The summed E-state index contributed by atoms with van der Waals surface area (Å²) in [7, 11) is 6.15. The second-order valence-corrected chi connectivity index (χ2v) is 8.37. The quantitative estimate of drug-likeness (QED) is 0.326. The minimum absolute atomic E-state index is 0.112. The Morgan fingerprint density at radius 1 is 0.946 bits per heavy atom. The van der Waals surface area contributed by atoms with E-state index in [1.165, 1.54) is 44.6 Å². The molecule has 0 unspecified atom stereocenters. The first-order chi connectivity index (χ1) is 17.7. The van der Waals surface area contributed by atoms with Crippen molar-refractivity contribution in [3.8, 4) is 11.5 Å². The smallest absolute Gasteiger partial charge is 0.327 e. The second kappa shape index (κ2) is 12.5. The minimum Gasteiger partial charge on any atom is -0.495 e. The van der Waals surface area contributed by atoms with Crippen LogP contribution in [0.4, 0.5) is 33.5 Å². The summed E-state index contributed by atoms with van der Waals surface area (Å²) in [5.41, 5.74) is 2.43. The van der Waals surface area contributed by atoms with Crippen LogP contribution in [0.3, 0.4) is 0 Å². The van der Waals surface area contributed by atoms with Gasteiger partial charge in [0.1, 0.15) is 39.5 Å². The molecule has 0 radical (unpaired) electrons. The first-order valence-corrected chi connectivity index (χ1v) is 11.8. The number of para-hydroxylation sites is 2. The van der Waals surface area contributed by atoms with Crippen molar-refractivity contribution in [2.45, 2.75) is 0 Å². The van der Waals surface area contributed by atoms with E-state index in [0.717, 1.165) is 5.54 Å². The van der Waals surface area contributed by atoms with E-state index in [-0.39, 0.29) is 39.0 Å². The number of hydrogen-bond acceptors (Lipinski definition) is 7. The van der Waals surface area contributed by atoms with Gasteiger partial charge in [0.05, 0.1) is 31.3 Å². The zero-order valence-corrected chi connectivity index (χ0v) is 22.5. The minimum atomic E-state index is -0.577. The molecule has 0 saturated heterocycles. The summed E-state index contributed by atoms with van der Waals surface area (Å²) in [6.07, 6.45) is 2.52. The number of nitrogens with one attached hydrogen (secondary N) is 2. The van der Waals surface area contributed by atoms with Crippen LogP contribution in [0.25, 0.3) is 0 Å². The summed E-state index contributed by atoms with van der Waals surface area (Å²) < 4.78 is 10.5. The fraction of sp³-hybridized carbons (Fsp3) is 0.167. The van der Waals surface area contributed by atoms with Crippen LogP contribution < -0.4 is 29.9 Å². The number of benzene rings is 2.